The van der Waals surface area contributed by atoms with Crippen molar-refractivity contribution in [2.24, 2.45) is 0 Å². The van der Waals surface area contributed by atoms with Crippen LogP contribution in [-0.4, -0.2) is 22.4 Å². The summed E-state index contributed by atoms with van der Waals surface area (Å²) < 4.78 is 0. The zero-order valence-corrected chi connectivity index (χ0v) is 10.9. The van der Waals surface area contributed by atoms with Gasteiger partial charge in [0.2, 0.25) is 0 Å². The topological polar surface area (TPSA) is 69.8 Å². The summed E-state index contributed by atoms with van der Waals surface area (Å²) in [6.07, 6.45) is 4.31. The fourth-order valence-electron chi connectivity index (χ4n) is 1.75. The third-order valence-corrected chi connectivity index (χ3v) is 2.73. The maximum atomic E-state index is 12.1. The zero-order valence-electron chi connectivity index (χ0n) is 10.9. The van der Waals surface area contributed by atoms with Gasteiger partial charge >= 0.3 is 0 Å². The number of amides is 1. The second-order valence-electron chi connectivity index (χ2n) is 4.23. The van der Waals surface area contributed by atoms with Crippen LogP contribution in [0.25, 0.3) is 0 Å². The summed E-state index contributed by atoms with van der Waals surface area (Å²) in [6, 6.07) is 7.52. The molecule has 1 aromatic carbocycles. The van der Waals surface area contributed by atoms with Gasteiger partial charge in [-0.05, 0) is 18.6 Å². The fourth-order valence-corrected chi connectivity index (χ4v) is 1.75. The molecule has 1 amide bonds. The van der Waals surface area contributed by atoms with Crippen LogP contribution in [0.1, 0.15) is 29.4 Å². The van der Waals surface area contributed by atoms with Crippen LogP contribution in [0.5, 0.6) is 0 Å². The van der Waals surface area contributed by atoms with Gasteiger partial charge in [0.1, 0.15) is 0 Å². The van der Waals surface area contributed by atoms with E-state index in [4.69, 9.17) is 0 Å². The van der Waals surface area contributed by atoms with Crippen LogP contribution >= 0.6 is 0 Å². The molecule has 0 aliphatic carbocycles. The van der Waals surface area contributed by atoms with E-state index in [1.807, 2.05) is 24.3 Å². The number of carbonyl (C=O) groups excluding carboxylic acids is 1. The number of para-hydroxylation sites is 1. The van der Waals surface area contributed by atoms with Gasteiger partial charge in [0.25, 0.3) is 5.91 Å². The molecule has 0 saturated heterocycles. The summed E-state index contributed by atoms with van der Waals surface area (Å²) in [7, 11) is 0. The highest BCUT2D eigenvalue weighted by atomic mass is 16.1. The molecule has 3 N–H and O–H groups in total. The molecular formula is C14H18N4O. The Bertz CT molecular complexity index is 522. The van der Waals surface area contributed by atoms with Gasteiger partial charge in [0, 0.05) is 18.4 Å². The number of imidazole rings is 1. The monoisotopic (exact) mass is 258 g/mol. The number of rotatable bonds is 6. The lowest BCUT2D eigenvalue weighted by Crippen LogP contribution is -2.24. The van der Waals surface area contributed by atoms with Crippen molar-refractivity contribution in [1.82, 2.24) is 15.3 Å². The van der Waals surface area contributed by atoms with E-state index in [1.165, 1.54) is 0 Å². The first-order chi connectivity index (χ1) is 9.31. The van der Waals surface area contributed by atoms with Crippen LogP contribution in [0.3, 0.4) is 0 Å². The quantitative estimate of drug-likeness (QED) is 0.743. The number of hydrogen-bond donors (Lipinski definition) is 3. The summed E-state index contributed by atoms with van der Waals surface area (Å²) in [6.45, 7) is 3.39. The lowest BCUT2D eigenvalue weighted by molar-refractivity contribution is 0.0951. The van der Waals surface area contributed by atoms with E-state index in [9.17, 15) is 4.79 Å². The molecule has 2 rings (SSSR count). The van der Waals surface area contributed by atoms with Crippen LogP contribution in [0, 0.1) is 0 Å². The van der Waals surface area contributed by atoms with Crippen molar-refractivity contribution in [3.05, 3.63) is 48.0 Å². The molecule has 0 aliphatic heterocycles. The number of carbonyl (C=O) groups is 1. The third kappa shape index (κ3) is 3.58. The second kappa shape index (κ2) is 6.58. The van der Waals surface area contributed by atoms with Crippen molar-refractivity contribution in [1.29, 1.82) is 0 Å². The molecule has 100 valence electrons. The number of hydrogen-bond acceptors (Lipinski definition) is 3. The van der Waals surface area contributed by atoms with Crippen molar-refractivity contribution < 1.29 is 4.79 Å². The zero-order chi connectivity index (χ0) is 13.5. The van der Waals surface area contributed by atoms with Gasteiger partial charge in [-0.25, -0.2) is 4.98 Å². The summed E-state index contributed by atoms with van der Waals surface area (Å²) in [4.78, 5) is 19.0. The minimum Gasteiger partial charge on any atom is -0.384 e. The summed E-state index contributed by atoms with van der Waals surface area (Å²) in [5, 5.41) is 6.12. The van der Waals surface area contributed by atoms with Gasteiger partial charge in [-0.2, -0.15) is 0 Å². The van der Waals surface area contributed by atoms with Crippen molar-refractivity contribution in [3.8, 4) is 0 Å². The molecule has 5 nitrogen and oxygen atoms in total. The number of nitrogens with one attached hydrogen (secondary N) is 3. The molecule has 5 heteroatoms. The van der Waals surface area contributed by atoms with Crippen molar-refractivity contribution in [3.63, 3.8) is 0 Å². The van der Waals surface area contributed by atoms with E-state index >= 15 is 0 Å². The first-order valence-corrected chi connectivity index (χ1v) is 6.39. The Hall–Kier alpha value is -2.30. The molecule has 0 saturated carbocycles. The predicted octanol–water partition coefficient (Wildman–Crippen LogP) is 2.16. The molecule has 1 aromatic heterocycles. The average Bonchev–Trinajstić information content (AvgIpc) is 2.96. The Morgan fingerprint density at radius 3 is 2.95 bits per heavy atom. The second-order valence-corrected chi connectivity index (χ2v) is 4.23. The van der Waals surface area contributed by atoms with Crippen LogP contribution < -0.4 is 10.6 Å². The standard InChI is InChI=1S/C14H18N4O/c1-2-7-16-13-6-4-3-5-12(13)14(19)17-9-11-8-15-10-18-11/h3-6,8,10,16H,2,7,9H2,1H3,(H,15,18)(H,17,19). The minimum atomic E-state index is -0.0891. The number of anilines is 1. The number of benzene rings is 1. The molecule has 2 aromatic rings. The Morgan fingerprint density at radius 2 is 2.21 bits per heavy atom. The summed E-state index contributed by atoms with van der Waals surface area (Å²) in [5.74, 6) is -0.0891. The molecular weight excluding hydrogens is 240 g/mol. The number of aromatic amines is 1. The maximum Gasteiger partial charge on any atom is 0.253 e. The summed E-state index contributed by atoms with van der Waals surface area (Å²) in [5.41, 5.74) is 2.41. The fraction of sp³-hybridized carbons (Fsp3) is 0.286. The minimum absolute atomic E-state index is 0.0891. The van der Waals surface area contributed by atoms with Crippen LogP contribution in [0.4, 0.5) is 5.69 Å². The molecule has 0 fully saturated rings. The maximum absolute atomic E-state index is 12.1. The molecule has 0 spiro atoms. The normalized spacial score (nSPS) is 10.2. The molecule has 0 aliphatic rings. The predicted molar refractivity (Wildman–Crippen MR) is 75.0 cm³/mol. The molecule has 0 radical (unpaired) electrons. The van der Waals surface area contributed by atoms with Crippen molar-refractivity contribution in [2.75, 3.05) is 11.9 Å². The first-order valence-electron chi connectivity index (χ1n) is 6.39. The average molecular weight is 258 g/mol. The third-order valence-electron chi connectivity index (χ3n) is 2.73. The molecule has 0 unspecified atom stereocenters. The summed E-state index contributed by atoms with van der Waals surface area (Å²) >= 11 is 0. The van der Waals surface area contributed by atoms with Gasteiger partial charge in [-0.3, -0.25) is 4.79 Å². The van der Waals surface area contributed by atoms with E-state index in [2.05, 4.69) is 27.5 Å². The lowest BCUT2D eigenvalue weighted by Gasteiger charge is -2.11. The highest BCUT2D eigenvalue weighted by Gasteiger charge is 2.10. The largest absolute Gasteiger partial charge is 0.384 e. The molecule has 1 heterocycles. The van der Waals surface area contributed by atoms with Crippen LogP contribution in [-0.2, 0) is 6.54 Å². The van der Waals surface area contributed by atoms with E-state index in [0.717, 1.165) is 24.3 Å². The Labute approximate surface area is 112 Å². The number of aromatic nitrogens is 2. The van der Waals surface area contributed by atoms with Gasteiger partial charge in [-0.15, -0.1) is 0 Å². The van der Waals surface area contributed by atoms with E-state index in [0.29, 0.717) is 12.1 Å². The smallest absolute Gasteiger partial charge is 0.253 e. The molecule has 19 heavy (non-hydrogen) atoms. The van der Waals surface area contributed by atoms with Crippen molar-refractivity contribution >= 4 is 11.6 Å². The Kier molecular flexibility index (Phi) is 4.55. The molecule has 0 bridgehead atoms. The highest BCUT2D eigenvalue weighted by Crippen LogP contribution is 2.14. The van der Waals surface area contributed by atoms with Gasteiger partial charge in [-0.1, -0.05) is 19.1 Å². The van der Waals surface area contributed by atoms with Crippen LogP contribution in [0.2, 0.25) is 0 Å². The lowest BCUT2D eigenvalue weighted by atomic mass is 10.1. The van der Waals surface area contributed by atoms with E-state index in [-0.39, 0.29) is 5.91 Å². The van der Waals surface area contributed by atoms with E-state index in [1.54, 1.807) is 12.5 Å². The SMILES string of the molecule is CCCNc1ccccc1C(=O)NCc1cnc[nH]1. The van der Waals surface area contributed by atoms with Gasteiger partial charge in [0.15, 0.2) is 0 Å². The van der Waals surface area contributed by atoms with Crippen LogP contribution in [0.15, 0.2) is 36.8 Å². The molecule has 0 atom stereocenters. The Balaban J connectivity index is 2.01. The van der Waals surface area contributed by atoms with Gasteiger partial charge in [0.05, 0.1) is 24.1 Å². The van der Waals surface area contributed by atoms with Gasteiger partial charge < -0.3 is 15.6 Å². The van der Waals surface area contributed by atoms with Crippen molar-refractivity contribution in [2.45, 2.75) is 19.9 Å². The highest BCUT2D eigenvalue weighted by molar-refractivity contribution is 5.99. The number of H-pyrrole nitrogens is 1. The Morgan fingerprint density at radius 1 is 1.37 bits per heavy atom. The van der Waals surface area contributed by atoms with E-state index < -0.39 is 0 Å². The first kappa shape index (κ1) is 13.1. The number of nitrogens with zero attached hydrogens (tertiary/aromatic N) is 1.